The molecular formula is C15H18BrN3O. The molecule has 3 rings (SSSR count). The van der Waals surface area contributed by atoms with Gasteiger partial charge in [0, 0.05) is 21.3 Å². The Kier molecular flexibility index (Phi) is 3.14. The Balaban J connectivity index is 2.03. The van der Waals surface area contributed by atoms with Crippen LogP contribution in [-0.2, 0) is 0 Å². The predicted octanol–water partition coefficient (Wildman–Crippen LogP) is 3.15. The van der Waals surface area contributed by atoms with E-state index < -0.39 is 0 Å². The highest BCUT2D eigenvalue weighted by molar-refractivity contribution is 9.10. The molecule has 0 bridgehead atoms. The Hall–Kier alpha value is -1.33. The number of hydrogen-bond donors (Lipinski definition) is 3. The van der Waals surface area contributed by atoms with E-state index >= 15 is 0 Å². The maximum Gasteiger partial charge on any atom is 0.0743 e. The van der Waals surface area contributed by atoms with Crippen LogP contribution in [0.2, 0.25) is 0 Å². The summed E-state index contributed by atoms with van der Waals surface area (Å²) in [7, 11) is 0. The molecule has 1 aliphatic rings. The number of benzene rings is 1. The van der Waals surface area contributed by atoms with Crippen LogP contribution in [0.5, 0.6) is 0 Å². The summed E-state index contributed by atoms with van der Waals surface area (Å²) in [6, 6.07) is 6.16. The van der Waals surface area contributed by atoms with Crippen molar-refractivity contribution in [2.24, 2.45) is 5.41 Å². The molecular weight excluding hydrogens is 318 g/mol. The first-order chi connectivity index (χ1) is 9.39. The van der Waals surface area contributed by atoms with E-state index in [1.165, 1.54) is 0 Å². The van der Waals surface area contributed by atoms with Gasteiger partial charge in [0.05, 0.1) is 29.2 Å². The number of nitrogens with two attached hydrogens (primary N) is 1. The SMILES string of the molecule is CC1(C)C(O)CC1Nc1c(N)cnc2ccc(Br)cc12. The zero-order valence-corrected chi connectivity index (χ0v) is 13.1. The van der Waals surface area contributed by atoms with Gasteiger partial charge in [-0.05, 0) is 24.6 Å². The number of nitrogens with zero attached hydrogens (tertiary/aromatic N) is 1. The Morgan fingerprint density at radius 3 is 2.85 bits per heavy atom. The van der Waals surface area contributed by atoms with Crippen molar-refractivity contribution in [3.63, 3.8) is 0 Å². The number of pyridine rings is 1. The minimum atomic E-state index is -0.263. The number of aromatic nitrogens is 1. The van der Waals surface area contributed by atoms with Crippen molar-refractivity contribution < 1.29 is 5.11 Å². The Bertz CT molecular complexity index is 666. The number of hydrogen-bond acceptors (Lipinski definition) is 4. The summed E-state index contributed by atoms with van der Waals surface area (Å²) in [4.78, 5) is 4.35. The van der Waals surface area contributed by atoms with Gasteiger partial charge in [-0.3, -0.25) is 4.98 Å². The summed E-state index contributed by atoms with van der Waals surface area (Å²) in [6.45, 7) is 4.13. The van der Waals surface area contributed by atoms with Gasteiger partial charge in [0.2, 0.25) is 0 Å². The molecule has 4 N–H and O–H groups in total. The van der Waals surface area contributed by atoms with Crippen LogP contribution < -0.4 is 11.1 Å². The average molecular weight is 336 g/mol. The number of nitrogen functional groups attached to an aromatic ring is 1. The molecule has 2 atom stereocenters. The van der Waals surface area contributed by atoms with E-state index in [2.05, 4.69) is 40.1 Å². The summed E-state index contributed by atoms with van der Waals surface area (Å²) in [6.07, 6.45) is 2.16. The lowest BCUT2D eigenvalue weighted by Gasteiger charge is -2.50. The molecule has 20 heavy (non-hydrogen) atoms. The molecule has 0 radical (unpaired) electrons. The average Bonchev–Trinajstić information content (AvgIpc) is 2.41. The number of aliphatic hydroxyl groups excluding tert-OH is 1. The molecule has 1 heterocycles. The number of anilines is 2. The Morgan fingerprint density at radius 2 is 2.20 bits per heavy atom. The molecule has 1 saturated carbocycles. The molecule has 2 aromatic rings. The van der Waals surface area contributed by atoms with E-state index in [4.69, 9.17) is 5.73 Å². The first kappa shape index (κ1) is 13.6. The summed E-state index contributed by atoms with van der Waals surface area (Å²) < 4.78 is 0.994. The first-order valence-electron chi connectivity index (χ1n) is 6.68. The highest BCUT2D eigenvalue weighted by Crippen LogP contribution is 2.44. The first-order valence-corrected chi connectivity index (χ1v) is 7.47. The molecule has 1 fully saturated rings. The van der Waals surface area contributed by atoms with Crippen molar-refractivity contribution in [2.45, 2.75) is 32.4 Å². The van der Waals surface area contributed by atoms with Crippen molar-refractivity contribution in [3.05, 3.63) is 28.9 Å². The van der Waals surface area contributed by atoms with Gasteiger partial charge >= 0.3 is 0 Å². The molecule has 5 heteroatoms. The third-order valence-corrected chi connectivity index (χ3v) is 4.89. The Labute approximate surface area is 126 Å². The lowest BCUT2D eigenvalue weighted by molar-refractivity contribution is -0.0509. The van der Waals surface area contributed by atoms with E-state index in [9.17, 15) is 5.11 Å². The molecule has 1 aromatic heterocycles. The molecule has 2 unspecified atom stereocenters. The number of halogens is 1. The van der Waals surface area contributed by atoms with Crippen molar-refractivity contribution in [2.75, 3.05) is 11.1 Å². The van der Waals surface area contributed by atoms with Gasteiger partial charge in [0.25, 0.3) is 0 Å². The standard InChI is InChI=1S/C15H18BrN3O/c1-15(2)12(6-13(15)20)19-14-9-5-8(16)3-4-11(9)18-7-10(14)17/h3-5,7,12-13,20H,6,17H2,1-2H3,(H,18,19). The summed E-state index contributed by atoms with van der Waals surface area (Å²) in [5.74, 6) is 0. The van der Waals surface area contributed by atoms with Crippen molar-refractivity contribution in [1.29, 1.82) is 0 Å². The minimum Gasteiger partial charge on any atom is -0.396 e. The van der Waals surface area contributed by atoms with Crippen LogP contribution in [0.4, 0.5) is 11.4 Å². The maximum absolute atomic E-state index is 9.86. The summed E-state index contributed by atoms with van der Waals surface area (Å²) in [5, 5.41) is 14.3. The third-order valence-electron chi connectivity index (χ3n) is 4.39. The van der Waals surface area contributed by atoms with Crippen molar-refractivity contribution in [1.82, 2.24) is 4.98 Å². The molecule has 0 amide bonds. The number of rotatable bonds is 2. The second-order valence-corrected chi connectivity index (χ2v) is 6.94. The van der Waals surface area contributed by atoms with Crippen LogP contribution >= 0.6 is 15.9 Å². The highest BCUT2D eigenvalue weighted by Gasteiger charge is 2.47. The second kappa shape index (κ2) is 4.60. The van der Waals surface area contributed by atoms with Crippen molar-refractivity contribution in [3.8, 4) is 0 Å². The molecule has 4 nitrogen and oxygen atoms in total. The van der Waals surface area contributed by atoms with Gasteiger partial charge in [0.1, 0.15) is 0 Å². The molecule has 106 valence electrons. The maximum atomic E-state index is 9.86. The largest absolute Gasteiger partial charge is 0.396 e. The molecule has 1 aromatic carbocycles. The van der Waals surface area contributed by atoms with Gasteiger partial charge in [-0.1, -0.05) is 29.8 Å². The Morgan fingerprint density at radius 1 is 1.45 bits per heavy atom. The van der Waals surface area contributed by atoms with Crippen LogP contribution in [0.3, 0.4) is 0 Å². The molecule has 1 aliphatic carbocycles. The smallest absolute Gasteiger partial charge is 0.0743 e. The number of nitrogens with one attached hydrogen (secondary N) is 1. The summed E-state index contributed by atoms with van der Waals surface area (Å²) >= 11 is 3.48. The monoisotopic (exact) mass is 335 g/mol. The highest BCUT2D eigenvalue weighted by atomic mass is 79.9. The number of fused-ring (bicyclic) bond motifs is 1. The zero-order chi connectivity index (χ0) is 14.5. The second-order valence-electron chi connectivity index (χ2n) is 6.02. The van der Waals surface area contributed by atoms with Crippen LogP contribution in [0.15, 0.2) is 28.9 Å². The predicted molar refractivity (Wildman–Crippen MR) is 85.7 cm³/mol. The van der Waals surface area contributed by atoms with Crippen LogP contribution in [0.25, 0.3) is 10.9 Å². The van der Waals surface area contributed by atoms with Gasteiger partial charge in [-0.25, -0.2) is 0 Å². The van der Waals surface area contributed by atoms with Crippen LogP contribution in [0.1, 0.15) is 20.3 Å². The fourth-order valence-electron chi connectivity index (χ4n) is 2.66. The lowest BCUT2D eigenvalue weighted by Crippen LogP contribution is -2.57. The lowest BCUT2D eigenvalue weighted by atomic mass is 9.64. The fraction of sp³-hybridized carbons (Fsp3) is 0.400. The van der Waals surface area contributed by atoms with Crippen molar-refractivity contribution >= 4 is 38.2 Å². The molecule has 0 aliphatic heterocycles. The van der Waals surface area contributed by atoms with E-state index in [0.717, 1.165) is 27.5 Å². The van der Waals surface area contributed by atoms with Gasteiger partial charge in [-0.2, -0.15) is 0 Å². The van der Waals surface area contributed by atoms with Gasteiger partial charge in [-0.15, -0.1) is 0 Å². The number of aliphatic hydroxyl groups is 1. The minimum absolute atomic E-state index is 0.145. The van der Waals surface area contributed by atoms with Gasteiger partial charge in [0.15, 0.2) is 0 Å². The van der Waals surface area contributed by atoms with E-state index in [-0.39, 0.29) is 17.6 Å². The topological polar surface area (TPSA) is 71.2 Å². The van der Waals surface area contributed by atoms with E-state index in [1.54, 1.807) is 6.20 Å². The zero-order valence-electron chi connectivity index (χ0n) is 11.5. The van der Waals surface area contributed by atoms with Gasteiger partial charge < -0.3 is 16.2 Å². The van der Waals surface area contributed by atoms with E-state index in [1.807, 2.05) is 18.2 Å². The summed E-state index contributed by atoms with van der Waals surface area (Å²) in [5.41, 5.74) is 8.38. The molecule has 0 saturated heterocycles. The van der Waals surface area contributed by atoms with Crippen LogP contribution in [0, 0.1) is 5.41 Å². The third kappa shape index (κ3) is 2.05. The van der Waals surface area contributed by atoms with Crippen LogP contribution in [-0.4, -0.2) is 22.2 Å². The van der Waals surface area contributed by atoms with E-state index in [0.29, 0.717) is 5.69 Å². The normalized spacial score (nSPS) is 24.4. The fourth-order valence-corrected chi connectivity index (χ4v) is 3.02. The quantitative estimate of drug-likeness (QED) is 0.788. The molecule has 0 spiro atoms.